The molecule has 8 heteroatoms. The number of fused-ring (bicyclic) bond motifs is 1. The number of ether oxygens (including phenoxy) is 2. The average Bonchev–Trinajstić information content (AvgIpc) is 3.35. The number of nitrogens with zero attached hydrogens (tertiary/aromatic N) is 1. The summed E-state index contributed by atoms with van der Waals surface area (Å²) < 4.78 is 24.6. The van der Waals surface area contributed by atoms with Crippen LogP contribution in [0.5, 0.6) is 11.5 Å². The Labute approximate surface area is 199 Å². The van der Waals surface area contributed by atoms with Crippen molar-refractivity contribution in [2.75, 3.05) is 27.3 Å². The van der Waals surface area contributed by atoms with Crippen molar-refractivity contribution in [1.29, 1.82) is 0 Å². The van der Waals surface area contributed by atoms with Gasteiger partial charge in [-0.05, 0) is 60.2 Å². The van der Waals surface area contributed by atoms with Crippen LogP contribution >= 0.6 is 0 Å². The molecule has 0 saturated heterocycles. The maximum Gasteiger partial charge on any atom is 0.318 e. The first-order valence-corrected chi connectivity index (χ1v) is 11.8. The molecule has 4 rings (SSSR count). The summed E-state index contributed by atoms with van der Waals surface area (Å²) in [6, 6.07) is 9.59. The normalized spacial score (nSPS) is 17.7. The Bertz CT molecular complexity index is 1020. The van der Waals surface area contributed by atoms with Crippen LogP contribution in [0.15, 0.2) is 36.4 Å². The van der Waals surface area contributed by atoms with Crippen LogP contribution < -0.4 is 20.1 Å². The van der Waals surface area contributed by atoms with Crippen LogP contribution in [0.25, 0.3) is 0 Å². The molecule has 2 aliphatic rings. The van der Waals surface area contributed by atoms with Crippen molar-refractivity contribution in [2.24, 2.45) is 0 Å². The van der Waals surface area contributed by atoms with E-state index in [0.29, 0.717) is 24.5 Å². The molecule has 0 aromatic heterocycles. The monoisotopic (exact) mass is 469 g/mol. The largest absolute Gasteiger partial charge is 0.493 e. The smallest absolute Gasteiger partial charge is 0.318 e. The molecule has 1 aliphatic carbocycles. The standard InChI is InChI=1S/C26H32FN3O4/c1-33-22-15-18-12-14-30(26(32)28-13-11-24(31)29-20-5-3-4-6-20)25(21(18)16-23(22)34-2)17-7-9-19(27)10-8-17/h7-10,15-16,20,25H,3-6,11-14H2,1-2H3,(H,28,32)(H,29,31)/t25-/m1/s1. The minimum Gasteiger partial charge on any atom is -0.493 e. The number of carbonyl (C=O) groups excluding carboxylic acids is 2. The van der Waals surface area contributed by atoms with Gasteiger partial charge in [0.15, 0.2) is 11.5 Å². The van der Waals surface area contributed by atoms with E-state index in [2.05, 4.69) is 10.6 Å². The summed E-state index contributed by atoms with van der Waals surface area (Å²) in [4.78, 5) is 27.2. The van der Waals surface area contributed by atoms with E-state index in [1.54, 1.807) is 31.3 Å². The third-order valence-corrected chi connectivity index (χ3v) is 6.67. The van der Waals surface area contributed by atoms with E-state index in [1.165, 1.54) is 12.1 Å². The summed E-state index contributed by atoms with van der Waals surface area (Å²) in [5, 5.41) is 5.94. The molecule has 1 atom stereocenters. The molecule has 0 radical (unpaired) electrons. The quantitative estimate of drug-likeness (QED) is 0.644. The third-order valence-electron chi connectivity index (χ3n) is 6.67. The lowest BCUT2D eigenvalue weighted by atomic mass is 9.88. The van der Waals surface area contributed by atoms with E-state index in [4.69, 9.17) is 9.47 Å². The van der Waals surface area contributed by atoms with Gasteiger partial charge in [-0.15, -0.1) is 0 Å². The Morgan fingerprint density at radius 1 is 1.06 bits per heavy atom. The Balaban J connectivity index is 1.52. The van der Waals surface area contributed by atoms with Gasteiger partial charge in [0, 0.05) is 25.6 Å². The van der Waals surface area contributed by atoms with Crippen molar-refractivity contribution in [3.63, 3.8) is 0 Å². The van der Waals surface area contributed by atoms with E-state index < -0.39 is 6.04 Å². The molecule has 1 fully saturated rings. The number of amides is 3. The lowest BCUT2D eigenvalue weighted by Gasteiger charge is -2.38. The van der Waals surface area contributed by atoms with Gasteiger partial charge in [0.05, 0.1) is 20.3 Å². The van der Waals surface area contributed by atoms with Crippen LogP contribution in [0.2, 0.25) is 0 Å². The predicted molar refractivity (Wildman–Crippen MR) is 127 cm³/mol. The van der Waals surface area contributed by atoms with Gasteiger partial charge in [0.1, 0.15) is 5.82 Å². The molecule has 182 valence electrons. The van der Waals surface area contributed by atoms with E-state index >= 15 is 0 Å². The predicted octanol–water partition coefficient (Wildman–Crippen LogP) is 3.95. The fourth-order valence-corrected chi connectivity index (χ4v) is 4.92. The first-order valence-electron chi connectivity index (χ1n) is 11.8. The number of hydrogen-bond donors (Lipinski definition) is 2. The van der Waals surface area contributed by atoms with Crippen molar-refractivity contribution in [3.8, 4) is 11.5 Å². The number of benzene rings is 2. The van der Waals surface area contributed by atoms with Crippen LogP contribution in [0.4, 0.5) is 9.18 Å². The number of hydrogen-bond acceptors (Lipinski definition) is 4. The van der Waals surface area contributed by atoms with Crippen molar-refractivity contribution in [2.45, 2.75) is 50.6 Å². The number of nitrogens with one attached hydrogen (secondary N) is 2. The highest BCUT2D eigenvalue weighted by atomic mass is 19.1. The Morgan fingerprint density at radius 2 is 1.74 bits per heavy atom. The van der Waals surface area contributed by atoms with E-state index in [0.717, 1.165) is 42.4 Å². The zero-order chi connectivity index (χ0) is 24.1. The van der Waals surface area contributed by atoms with Crippen molar-refractivity contribution < 1.29 is 23.5 Å². The summed E-state index contributed by atoms with van der Waals surface area (Å²) in [6.45, 7) is 0.730. The van der Waals surface area contributed by atoms with E-state index in [9.17, 15) is 14.0 Å². The zero-order valence-electron chi connectivity index (χ0n) is 19.7. The first kappa shape index (κ1) is 23.9. The highest BCUT2D eigenvalue weighted by Gasteiger charge is 2.33. The number of rotatable bonds is 7. The average molecular weight is 470 g/mol. The highest BCUT2D eigenvalue weighted by molar-refractivity contribution is 5.79. The topological polar surface area (TPSA) is 79.9 Å². The van der Waals surface area contributed by atoms with Gasteiger partial charge < -0.3 is 25.0 Å². The van der Waals surface area contributed by atoms with Crippen LogP contribution in [0.3, 0.4) is 0 Å². The molecule has 1 aliphatic heterocycles. The maximum atomic E-state index is 13.6. The second kappa shape index (κ2) is 10.8. The first-order chi connectivity index (χ1) is 16.5. The van der Waals surface area contributed by atoms with Gasteiger partial charge in [-0.1, -0.05) is 25.0 Å². The highest BCUT2D eigenvalue weighted by Crippen LogP contribution is 2.41. The Morgan fingerprint density at radius 3 is 2.41 bits per heavy atom. The van der Waals surface area contributed by atoms with Gasteiger partial charge in [0.2, 0.25) is 5.91 Å². The van der Waals surface area contributed by atoms with Crippen molar-refractivity contribution >= 4 is 11.9 Å². The fourth-order valence-electron chi connectivity index (χ4n) is 4.92. The van der Waals surface area contributed by atoms with Crippen LogP contribution in [0.1, 0.15) is 54.8 Å². The summed E-state index contributed by atoms with van der Waals surface area (Å²) >= 11 is 0. The molecular formula is C26H32FN3O4. The Kier molecular flexibility index (Phi) is 7.55. The molecule has 2 N–H and O–H groups in total. The lowest BCUT2D eigenvalue weighted by Crippen LogP contribution is -2.47. The van der Waals surface area contributed by atoms with Gasteiger partial charge in [-0.25, -0.2) is 9.18 Å². The second-order valence-corrected chi connectivity index (χ2v) is 8.83. The van der Waals surface area contributed by atoms with Gasteiger partial charge in [0.25, 0.3) is 0 Å². The number of methoxy groups -OCH3 is 2. The maximum absolute atomic E-state index is 13.6. The van der Waals surface area contributed by atoms with Crippen molar-refractivity contribution in [3.05, 3.63) is 58.9 Å². The molecule has 1 heterocycles. The van der Waals surface area contributed by atoms with Crippen LogP contribution in [0, 0.1) is 5.82 Å². The molecule has 0 bridgehead atoms. The molecule has 3 amide bonds. The molecule has 2 aromatic rings. The molecule has 7 nitrogen and oxygen atoms in total. The van der Waals surface area contributed by atoms with Gasteiger partial charge >= 0.3 is 6.03 Å². The molecule has 1 saturated carbocycles. The molecule has 34 heavy (non-hydrogen) atoms. The Hall–Kier alpha value is -3.29. The van der Waals surface area contributed by atoms with Crippen LogP contribution in [-0.4, -0.2) is 50.2 Å². The van der Waals surface area contributed by atoms with E-state index in [-0.39, 0.29) is 36.8 Å². The molecule has 0 unspecified atom stereocenters. The molecular weight excluding hydrogens is 437 g/mol. The van der Waals surface area contributed by atoms with Crippen molar-refractivity contribution in [1.82, 2.24) is 15.5 Å². The second-order valence-electron chi connectivity index (χ2n) is 8.83. The van der Waals surface area contributed by atoms with Gasteiger partial charge in [-0.2, -0.15) is 0 Å². The summed E-state index contributed by atoms with van der Waals surface area (Å²) in [6.07, 6.45) is 5.23. The summed E-state index contributed by atoms with van der Waals surface area (Å²) in [7, 11) is 3.16. The molecule has 2 aromatic carbocycles. The number of urea groups is 1. The minimum atomic E-state index is -0.420. The minimum absolute atomic E-state index is 0.0388. The van der Waals surface area contributed by atoms with Gasteiger partial charge in [-0.3, -0.25) is 4.79 Å². The lowest BCUT2D eigenvalue weighted by molar-refractivity contribution is -0.121. The van der Waals surface area contributed by atoms with E-state index in [1.807, 2.05) is 12.1 Å². The van der Waals surface area contributed by atoms with Crippen LogP contribution in [-0.2, 0) is 11.2 Å². The fraction of sp³-hybridized carbons (Fsp3) is 0.462. The summed E-state index contributed by atoms with van der Waals surface area (Å²) in [5.41, 5.74) is 2.75. The number of halogens is 1. The number of carbonyl (C=O) groups is 2. The zero-order valence-corrected chi connectivity index (χ0v) is 19.7. The third kappa shape index (κ3) is 5.26. The molecule has 0 spiro atoms. The summed E-state index contributed by atoms with van der Waals surface area (Å²) in [5.74, 6) is 0.823. The SMILES string of the molecule is COc1cc2c(cc1OC)[C@@H](c1ccc(F)cc1)N(C(=O)NCCC(=O)NC1CCCC1)CC2.